The van der Waals surface area contributed by atoms with Crippen LogP contribution in [0.5, 0.6) is 5.75 Å². The van der Waals surface area contributed by atoms with E-state index < -0.39 is 41.1 Å². The van der Waals surface area contributed by atoms with Gasteiger partial charge < -0.3 is 25.4 Å². The van der Waals surface area contributed by atoms with Gasteiger partial charge in [-0.1, -0.05) is 12.1 Å². The van der Waals surface area contributed by atoms with Gasteiger partial charge >= 0.3 is 5.92 Å². The first-order valence-electron chi connectivity index (χ1n) is 12.2. The van der Waals surface area contributed by atoms with Gasteiger partial charge in [0.05, 0.1) is 22.8 Å². The van der Waals surface area contributed by atoms with Crippen LogP contribution in [-0.2, 0) is 10.7 Å². The molecule has 0 aliphatic carbocycles. The Morgan fingerprint density at radius 3 is 2.58 bits per heavy atom. The van der Waals surface area contributed by atoms with Crippen LogP contribution < -0.4 is 20.3 Å². The summed E-state index contributed by atoms with van der Waals surface area (Å²) < 4.78 is 51.8. The summed E-state index contributed by atoms with van der Waals surface area (Å²) in [5.74, 6) is -3.96. The van der Waals surface area contributed by atoms with Crippen LogP contribution in [0.25, 0.3) is 10.9 Å². The number of likely N-dealkylation sites (N-methyl/N-ethyl adjacent to an activating group) is 2. The second kappa shape index (κ2) is 9.39. The molecule has 2 heterocycles. The molecule has 204 valence electrons. The smallest absolute Gasteiger partial charge is 0.305 e. The number of nitrogens with zero attached hydrogens (tertiary/aromatic N) is 3. The summed E-state index contributed by atoms with van der Waals surface area (Å²) in [6.07, 6.45) is 0. The molecule has 1 unspecified atom stereocenters. The van der Waals surface area contributed by atoms with Gasteiger partial charge in [-0.2, -0.15) is 8.78 Å². The van der Waals surface area contributed by atoms with E-state index in [1.165, 1.54) is 24.1 Å². The van der Waals surface area contributed by atoms with E-state index in [1.54, 1.807) is 46.9 Å². The summed E-state index contributed by atoms with van der Waals surface area (Å²) in [5.41, 5.74) is -3.44. The largest absolute Gasteiger partial charge is 0.476 e. The minimum Gasteiger partial charge on any atom is -0.476 e. The van der Waals surface area contributed by atoms with Crippen LogP contribution in [0.2, 0.25) is 0 Å². The second-order valence-corrected chi connectivity index (χ2v) is 10.4. The number of fused-ring (bicyclic) bond motifs is 2. The number of aromatic nitrogens is 2. The molecule has 0 saturated heterocycles. The van der Waals surface area contributed by atoms with Crippen molar-refractivity contribution in [2.45, 2.75) is 57.8 Å². The molecule has 38 heavy (non-hydrogen) atoms. The van der Waals surface area contributed by atoms with Gasteiger partial charge in [0.15, 0.2) is 5.60 Å². The number of carbonyl (C=O) groups is 1. The zero-order chi connectivity index (χ0) is 28.2. The van der Waals surface area contributed by atoms with E-state index in [9.17, 15) is 9.90 Å². The number of hydrogen-bond acceptors (Lipinski definition) is 7. The summed E-state index contributed by atoms with van der Waals surface area (Å²) in [6.45, 7) is 7.20. The molecule has 2 atom stereocenters. The summed E-state index contributed by atoms with van der Waals surface area (Å²) in [4.78, 5) is 23.2. The standard InChI is InChI=1S/C27H32F3N5O3/c1-14(16-9-8-10-18(22(16)28)27(29,30)26(5,37)13-31-6)32-23-17-11-20-21(12-19(17)33-15(2)34-23)38-25(3,4)24(36)35(20)7/h8-12,14,31,37H,13H2,1-7H3,(H,32,33,34)/t14-,26?/m1/s1. The van der Waals surface area contributed by atoms with Crippen LogP contribution in [0.15, 0.2) is 30.3 Å². The highest BCUT2D eigenvalue weighted by molar-refractivity contribution is 6.05. The molecular weight excluding hydrogens is 499 g/mol. The number of ether oxygens (including phenoxy) is 1. The Morgan fingerprint density at radius 2 is 1.92 bits per heavy atom. The number of rotatable bonds is 7. The number of benzene rings is 2. The van der Waals surface area contributed by atoms with Gasteiger partial charge in [-0.25, -0.2) is 14.4 Å². The Hall–Kier alpha value is -3.44. The Labute approximate surface area is 219 Å². The fraction of sp³-hybridized carbons (Fsp3) is 0.444. The van der Waals surface area contributed by atoms with E-state index in [1.807, 2.05) is 0 Å². The Bertz CT molecular complexity index is 1410. The van der Waals surface area contributed by atoms with Crippen LogP contribution in [0.3, 0.4) is 0 Å². The van der Waals surface area contributed by atoms with Gasteiger partial charge in [0.25, 0.3) is 5.91 Å². The van der Waals surface area contributed by atoms with Crippen LogP contribution in [0, 0.1) is 12.7 Å². The summed E-state index contributed by atoms with van der Waals surface area (Å²) in [5, 5.41) is 16.5. The van der Waals surface area contributed by atoms with Crippen molar-refractivity contribution in [1.82, 2.24) is 15.3 Å². The molecule has 0 spiro atoms. The van der Waals surface area contributed by atoms with Crippen molar-refractivity contribution in [2.24, 2.45) is 0 Å². The molecule has 2 aromatic carbocycles. The lowest BCUT2D eigenvalue weighted by Gasteiger charge is -2.37. The van der Waals surface area contributed by atoms with Gasteiger partial charge in [-0.3, -0.25) is 4.79 Å². The summed E-state index contributed by atoms with van der Waals surface area (Å²) in [6, 6.07) is 6.34. The molecule has 0 radical (unpaired) electrons. The lowest BCUT2D eigenvalue weighted by Crippen LogP contribution is -2.50. The van der Waals surface area contributed by atoms with Crippen molar-refractivity contribution >= 4 is 28.3 Å². The topological polar surface area (TPSA) is 99.6 Å². The van der Waals surface area contributed by atoms with Crippen molar-refractivity contribution in [3.63, 3.8) is 0 Å². The fourth-order valence-corrected chi connectivity index (χ4v) is 4.70. The van der Waals surface area contributed by atoms with Gasteiger partial charge in [0, 0.05) is 30.6 Å². The molecule has 3 aromatic rings. The number of amides is 1. The molecule has 1 aliphatic rings. The van der Waals surface area contributed by atoms with Crippen LogP contribution >= 0.6 is 0 Å². The van der Waals surface area contributed by atoms with Crippen LogP contribution in [0.1, 0.15) is 50.7 Å². The maximum atomic E-state index is 15.5. The predicted octanol–water partition coefficient (Wildman–Crippen LogP) is 4.45. The number of carbonyl (C=O) groups excluding carboxylic acids is 1. The first-order chi connectivity index (χ1) is 17.6. The van der Waals surface area contributed by atoms with Crippen LogP contribution in [-0.4, -0.2) is 52.8 Å². The van der Waals surface area contributed by atoms with E-state index in [-0.39, 0.29) is 11.5 Å². The lowest BCUT2D eigenvalue weighted by atomic mass is 9.89. The quantitative estimate of drug-likeness (QED) is 0.414. The molecule has 8 nitrogen and oxygen atoms in total. The molecule has 11 heteroatoms. The number of aliphatic hydroxyl groups is 1. The Balaban J connectivity index is 1.75. The van der Waals surface area contributed by atoms with E-state index in [2.05, 4.69) is 20.6 Å². The first kappa shape index (κ1) is 27.6. The van der Waals surface area contributed by atoms with Crippen molar-refractivity contribution in [3.8, 4) is 5.75 Å². The van der Waals surface area contributed by atoms with Crippen molar-refractivity contribution < 1.29 is 27.8 Å². The number of nitrogens with one attached hydrogen (secondary N) is 2. The number of hydrogen-bond donors (Lipinski definition) is 3. The molecule has 0 saturated carbocycles. The zero-order valence-corrected chi connectivity index (χ0v) is 22.4. The third kappa shape index (κ3) is 4.54. The number of halogens is 3. The third-order valence-corrected chi connectivity index (χ3v) is 6.82. The highest BCUT2D eigenvalue weighted by Gasteiger charge is 2.52. The van der Waals surface area contributed by atoms with E-state index >= 15 is 13.2 Å². The molecule has 1 amide bonds. The minimum absolute atomic E-state index is 0.0258. The van der Waals surface area contributed by atoms with Crippen molar-refractivity contribution in [1.29, 1.82) is 0 Å². The molecule has 1 aromatic heterocycles. The van der Waals surface area contributed by atoms with Gasteiger partial charge in [-0.05, 0) is 53.8 Å². The predicted molar refractivity (Wildman–Crippen MR) is 139 cm³/mol. The fourth-order valence-electron chi connectivity index (χ4n) is 4.70. The maximum Gasteiger partial charge on any atom is 0.305 e. The van der Waals surface area contributed by atoms with Crippen LogP contribution in [0.4, 0.5) is 24.7 Å². The van der Waals surface area contributed by atoms with Gasteiger partial charge in [0.1, 0.15) is 28.8 Å². The monoisotopic (exact) mass is 531 g/mol. The van der Waals surface area contributed by atoms with E-state index in [0.717, 1.165) is 13.0 Å². The zero-order valence-electron chi connectivity index (χ0n) is 22.4. The highest BCUT2D eigenvalue weighted by Crippen LogP contribution is 2.43. The molecule has 0 fully saturated rings. The number of anilines is 2. The van der Waals surface area contributed by atoms with E-state index in [0.29, 0.717) is 34.0 Å². The highest BCUT2D eigenvalue weighted by atomic mass is 19.3. The average molecular weight is 532 g/mol. The minimum atomic E-state index is -3.86. The Morgan fingerprint density at radius 1 is 1.24 bits per heavy atom. The number of aryl methyl sites for hydroxylation is 1. The second-order valence-electron chi connectivity index (χ2n) is 10.4. The third-order valence-electron chi connectivity index (χ3n) is 6.82. The maximum absolute atomic E-state index is 15.5. The molecule has 0 bridgehead atoms. The molecular formula is C27H32F3N5O3. The molecule has 3 N–H and O–H groups in total. The van der Waals surface area contributed by atoms with Gasteiger partial charge in [0.2, 0.25) is 0 Å². The normalized spacial score (nSPS) is 17.6. The van der Waals surface area contributed by atoms with E-state index in [4.69, 9.17) is 4.74 Å². The molecule has 4 rings (SSSR count). The van der Waals surface area contributed by atoms with Gasteiger partial charge in [-0.15, -0.1) is 0 Å². The average Bonchev–Trinajstić information content (AvgIpc) is 2.81. The SMILES string of the molecule is CNCC(C)(O)C(F)(F)c1cccc([C@@H](C)Nc2nc(C)nc3cc4c(cc23)N(C)C(=O)C(C)(C)O4)c1F. The summed E-state index contributed by atoms with van der Waals surface area (Å²) in [7, 11) is 3.07. The number of alkyl halides is 2. The lowest BCUT2D eigenvalue weighted by molar-refractivity contribution is -0.177. The van der Waals surface area contributed by atoms with Crippen molar-refractivity contribution in [3.05, 3.63) is 53.1 Å². The van der Waals surface area contributed by atoms with Crippen molar-refractivity contribution in [2.75, 3.05) is 30.9 Å². The first-order valence-corrected chi connectivity index (χ1v) is 12.2. The Kier molecular flexibility index (Phi) is 6.82. The molecule has 1 aliphatic heterocycles. The summed E-state index contributed by atoms with van der Waals surface area (Å²) >= 11 is 0.